The van der Waals surface area contributed by atoms with Crippen molar-refractivity contribution < 1.29 is 4.39 Å². The van der Waals surface area contributed by atoms with Gasteiger partial charge in [-0.1, -0.05) is 0 Å². The van der Waals surface area contributed by atoms with Crippen LogP contribution in [0.25, 0.3) is 6.08 Å². The Morgan fingerprint density at radius 2 is 2.35 bits per heavy atom. The first kappa shape index (κ1) is 10.5. The van der Waals surface area contributed by atoms with Gasteiger partial charge in [0.05, 0.1) is 23.3 Å². The molecule has 17 heavy (non-hydrogen) atoms. The van der Waals surface area contributed by atoms with Crippen LogP contribution in [0, 0.1) is 6.92 Å². The van der Waals surface area contributed by atoms with E-state index >= 15 is 0 Å². The lowest BCUT2D eigenvalue weighted by Crippen LogP contribution is -2.38. The van der Waals surface area contributed by atoms with Gasteiger partial charge in [-0.25, -0.2) is 9.37 Å². The van der Waals surface area contributed by atoms with Crippen molar-refractivity contribution in [2.24, 2.45) is 0 Å². The van der Waals surface area contributed by atoms with Gasteiger partial charge in [0.2, 0.25) is 0 Å². The summed E-state index contributed by atoms with van der Waals surface area (Å²) < 4.78 is 13.0. The average molecular weight is 235 g/mol. The summed E-state index contributed by atoms with van der Waals surface area (Å²) in [7, 11) is 0. The Balaban J connectivity index is 1.99. The van der Waals surface area contributed by atoms with Gasteiger partial charge in [0.25, 0.3) is 5.56 Å². The summed E-state index contributed by atoms with van der Waals surface area (Å²) in [6.45, 7) is 1.86. The molecule has 1 fully saturated rings. The Hall–Kier alpha value is -1.65. The molecule has 0 atom stereocenters. The molecule has 1 aliphatic carbocycles. The first-order chi connectivity index (χ1) is 8.14. The molecule has 1 aromatic rings. The van der Waals surface area contributed by atoms with Gasteiger partial charge in [0, 0.05) is 6.20 Å². The van der Waals surface area contributed by atoms with Crippen LogP contribution in [-0.2, 0) is 6.54 Å². The molecule has 0 spiro atoms. The molecule has 2 aliphatic rings. The lowest BCUT2D eigenvalue weighted by molar-refractivity contribution is 0.198. The molecule has 3 rings (SSSR count). The standard InChI is InChI=1S/C12H14FN3O/c1-8-14-10-2-5-16(12(7-13)3-4-12)6-9(10)11(17)15-8/h2,5H,3-4,6-7H2,1H3,(H,14,15,17). The molecule has 90 valence electrons. The van der Waals surface area contributed by atoms with Gasteiger partial charge in [-0.15, -0.1) is 0 Å². The summed E-state index contributed by atoms with van der Waals surface area (Å²) in [5.74, 6) is 0.610. The second kappa shape index (κ2) is 3.42. The first-order valence-electron chi connectivity index (χ1n) is 5.75. The van der Waals surface area contributed by atoms with Gasteiger partial charge >= 0.3 is 0 Å². The second-order valence-corrected chi connectivity index (χ2v) is 4.82. The fourth-order valence-electron chi connectivity index (χ4n) is 2.27. The molecular formula is C12H14FN3O. The number of aromatic amines is 1. The molecule has 0 bridgehead atoms. The Morgan fingerprint density at radius 3 is 3.00 bits per heavy atom. The van der Waals surface area contributed by atoms with E-state index in [0.29, 0.717) is 23.6 Å². The number of halogens is 1. The molecule has 0 radical (unpaired) electrons. The van der Waals surface area contributed by atoms with Crippen LogP contribution in [0.5, 0.6) is 0 Å². The zero-order valence-electron chi connectivity index (χ0n) is 9.66. The van der Waals surface area contributed by atoms with Gasteiger partial charge in [0.15, 0.2) is 0 Å². The van der Waals surface area contributed by atoms with Crippen LogP contribution >= 0.6 is 0 Å². The van der Waals surface area contributed by atoms with Crippen LogP contribution in [0.2, 0.25) is 0 Å². The maximum atomic E-state index is 13.0. The molecule has 1 saturated carbocycles. The number of nitrogens with zero attached hydrogens (tertiary/aromatic N) is 2. The number of aromatic nitrogens is 2. The lowest BCUT2D eigenvalue weighted by Gasteiger charge is -2.31. The Bertz CT molecular complexity index is 545. The summed E-state index contributed by atoms with van der Waals surface area (Å²) in [6.07, 6.45) is 5.39. The Morgan fingerprint density at radius 1 is 1.59 bits per heavy atom. The predicted octanol–water partition coefficient (Wildman–Crippen LogP) is 1.37. The number of fused-ring (bicyclic) bond motifs is 1. The number of H-pyrrole nitrogens is 1. The quantitative estimate of drug-likeness (QED) is 0.842. The van der Waals surface area contributed by atoms with E-state index in [1.165, 1.54) is 0 Å². The minimum atomic E-state index is -0.357. The Labute approximate surface area is 98.2 Å². The molecule has 0 unspecified atom stereocenters. The fourth-order valence-corrected chi connectivity index (χ4v) is 2.27. The summed E-state index contributed by atoms with van der Waals surface area (Å²) in [5, 5.41) is 0. The molecule has 4 nitrogen and oxygen atoms in total. The highest BCUT2D eigenvalue weighted by Crippen LogP contribution is 2.44. The van der Waals surface area contributed by atoms with Crippen LogP contribution in [0.1, 0.15) is 29.9 Å². The highest BCUT2D eigenvalue weighted by atomic mass is 19.1. The molecule has 5 heteroatoms. The summed E-state index contributed by atoms with van der Waals surface area (Å²) in [6, 6.07) is 0. The van der Waals surface area contributed by atoms with E-state index in [4.69, 9.17) is 0 Å². The third-order valence-electron chi connectivity index (χ3n) is 3.59. The third-order valence-corrected chi connectivity index (χ3v) is 3.59. The number of hydrogen-bond acceptors (Lipinski definition) is 3. The van der Waals surface area contributed by atoms with E-state index in [2.05, 4.69) is 9.97 Å². The molecule has 2 heterocycles. The van der Waals surface area contributed by atoms with Crippen molar-refractivity contribution in [2.45, 2.75) is 31.8 Å². The Kier molecular flexibility index (Phi) is 2.11. The van der Waals surface area contributed by atoms with Gasteiger partial charge in [-0.3, -0.25) is 4.79 Å². The van der Waals surface area contributed by atoms with E-state index < -0.39 is 0 Å². The molecule has 0 amide bonds. The molecule has 1 aromatic heterocycles. The lowest BCUT2D eigenvalue weighted by atomic mass is 10.1. The molecule has 1 aliphatic heterocycles. The van der Waals surface area contributed by atoms with Crippen LogP contribution in [0.15, 0.2) is 11.0 Å². The van der Waals surface area contributed by atoms with E-state index in [0.717, 1.165) is 12.8 Å². The average Bonchev–Trinajstić information content (AvgIpc) is 3.09. The monoisotopic (exact) mass is 235 g/mol. The van der Waals surface area contributed by atoms with E-state index in [9.17, 15) is 9.18 Å². The van der Waals surface area contributed by atoms with Crippen molar-refractivity contribution in [2.75, 3.05) is 6.67 Å². The summed E-state index contributed by atoms with van der Waals surface area (Å²) >= 11 is 0. The number of hydrogen-bond donors (Lipinski definition) is 1. The zero-order valence-corrected chi connectivity index (χ0v) is 9.66. The highest BCUT2D eigenvalue weighted by molar-refractivity contribution is 5.51. The summed E-state index contributed by atoms with van der Waals surface area (Å²) in [4.78, 5) is 20.7. The van der Waals surface area contributed by atoms with E-state index in [1.54, 1.807) is 13.0 Å². The van der Waals surface area contributed by atoms with E-state index in [1.807, 2.05) is 11.1 Å². The van der Waals surface area contributed by atoms with Crippen molar-refractivity contribution in [3.63, 3.8) is 0 Å². The third kappa shape index (κ3) is 1.57. The van der Waals surface area contributed by atoms with Crippen molar-refractivity contribution in [3.05, 3.63) is 33.6 Å². The summed E-state index contributed by atoms with van der Waals surface area (Å²) in [5.41, 5.74) is 0.873. The number of nitrogens with one attached hydrogen (secondary N) is 1. The van der Waals surface area contributed by atoms with Crippen molar-refractivity contribution in [3.8, 4) is 0 Å². The van der Waals surface area contributed by atoms with Crippen LogP contribution in [0.3, 0.4) is 0 Å². The molecule has 1 N–H and O–H groups in total. The largest absolute Gasteiger partial charge is 0.365 e. The maximum absolute atomic E-state index is 13.0. The van der Waals surface area contributed by atoms with Crippen LogP contribution in [-0.4, -0.2) is 27.1 Å². The predicted molar refractivity (Wildman–Crippen MR) is 62.1 cm³/mol. The van der Waals surface area contributed by atoms with Crippen molar-refractivity contribution in [1.82, 2.24) is 14.9 Å². The topological polar surface area (TPSA) is 49.0 Å². The second-order valence-electron chi connectivity index (χ2n) is 4.82. The first-order valence-corrected chi connectivity index (χ1v) is 5.75. The number of aryl methyl sites for hydroxylation is 1. The van der Waals surface area contributed by atoms with E-state index in [-0.39, 0.29) is 17.8 Å². The fraction of sp³-hybridized carbons (Fsp3) is 0.500. The SMILES string of the molecule is Cc1nc2c(c(=O)[nH]1)CN(C1(CF)CC1)C=C2. The maximum Gasteiger partial charge on any atom is 0.256 e. The van der Waals surface area contributed by atoms with Gasteiger partial charge < -0.3 is 9.88 Å². The molecule has 0 saturated heterocycles. The number of alkyl halides is 1. The van der Waals surface area contributed by atoms with Crippen LogP contribution < -0.4 is 5.56 Å². The van der Waals surface area contributed by atoms with Crippen molar-refractivity contribution in [1.29, 1.82) is 0 Å². The van der Waals surface area contributed by atoms with Crippen molar-refractivity contribution >= 4 is 6.08 Å². The van der Waals surface area contributed by atoms with Gasteiger partial charge in [0.1, 0.15) is 12.5 Å². The van der Waals surface area contributed by atoms with Crippen LogP contribution in [0.4, 0.5) is 4.39 Å². The minimum Gasteiger partial charge on any atom is -0.365 e. The minimum absolute atomic E-state index is 0.114. The normalized spacial score (nSPS) is 20.2. The van der Waals surface area contributed by atoms with Gasteiger partial charge in [-0.05, 0) is 25.8 Å². The van der Waals surface area contributed by atoms with Gasteiger partial charge in [-0.2, -0.15) is 0 Å². The molecule has 0 aromatic carbocycles. The smallest absolute Gasteiger partial charge is 0.256 e. The molecular weight excluding hydrogens is 221 g/mol. The number of rotatable bonds is 2. The highest BCUT2D eigenvalue weighted by Gasteiger charge is 2.48. The zero-order chi connectivity index (χ0) is 12.0.